The van der Waals surface area contributed by atoms with Crippen LogP contribution in [0.1, 0.15) is 26.5 Å². The Morgan fingerprint density at radius 2 is 2.11 bits per heavy atom. The highest BCUT2D eigenvalue weighted by Crippen LogP contribution is 2.25. The first kappa shape index (κ1) is 14.7. The van der Waals surface area contributed by atoms with Crippen molar-refractivity contribution in [3.05, 3.63) is 26.9 Å². The van der Waals surface area contributed by atoms with Crippen LogP contribution in [-0.2, 0) is 13.0 Å². The second kappa shape index (κ2) is 6.17. The molecule has 19 heavy (non-hydrogen) atoms. The lowest BCUT2D eigenvalue weighted by atomic mass is 10.1. The second-order valence-corrected chi connectivity index (χ2v) is 6.20. The van der Waals surface area contributed by atoms with E-state index in [4.69, 9.17) is 11.6 Å². The summed E-state index contributed by atoms with van der Waals surface area (Å²) in [7, 11) is 0. The lowest BCUT2D eigenvalue weighted by Crippen LogP contribution is -2.06. The molecule has 4 nitrogen and oxygen atoms in total. The summed E-state index contributed by atoms with van der Waals surface area (Å²) in [5.41, 5.74) is 1.92. The smallest absolute Gasteiger partial charge is 0.179 e. The summed E-state index contributed by atoms with van der Waals surface area (Å²) in [5.74, 6) is 1.18. The van der Waals surface area contributed by atoms with E-state index in [9.17, 15) is 0 Å². The normalized spacial score (nSPS) is 11.3. The Morgan fingerprint density at radius 1 is 1.37 bits per heavy atom. The maximum atomic E-state index is 6.23. The molecule has 0 aliphatic rings. The predicted molar refractivity (Wildman–Crippen MR) is 85.2 cm³/mol. The molecule has 2 aromatic rings. The van der Waals surface area contributed by atoms with Crippen molar-refractivity contribution in [2.24, 2.45) is 5.92 Å². The fourth-order valence-corrected chi connectivity index (χ4v) is 2.51. The number of imidazole rings is 1. The van der Waals surface area contributed by atoms with Crippen LogP contribution in [0.3, 0.4) is 0 Å². The largest absolute Gasteiger partial charge is 0.328 e. The van der Waals surface area contributed by atoms with Crippen molar-refractivity contribution in [1.29, 1.82) is 0 Å². The Hall–Kier alpha value is -0.690. The quantitative estimate of drug-likeness (QED) is 0.589. The van der Waals surface area contributed by atoms with Gasteiger partial charge in [0.1, 0.15) is 10.8 Å². The minimum atomic E-state index is 0.519. The standard InChI is InChI=1S/C13H16ClIN4/c1-4-19-7-16-6-10(19)13-17-9(5-8(2)3)11(15)12(14)18-13/h6-8H,4-5H2,1-3H3. The van der Waals surface area contributed by atoms with Crippen molar-refractivity contribution < 1.29 is 0 Å². The van der Waals surface area contributed by atoms with Gasteiger partial charge in [-0.15, -0.1) is 0 Å². The van der Waals surface area contributed by atoms with Crippen molar-refractivity contribution in [3.63, 3.8) is 0 Å². The fourth-order valence-electron chi connectivity index (χ4n) is 1.86. The summed E-state index contributed by atoms with van der Waals surface area (Å²) < 4.78 is 2.96. The molecule has 2 rings (SSSR count). The number of nitrogens with zero attached hydrogens (tertiary/aromatic N) is 4. The molecule has 0 N–H and O–H groups in total. The summed E-state index contributed by atoms with van der Waals surface area (Å²) in [4.78, 5) is 13.2. The van der Waals surface area contributed by atoms with E-state index in [0.717, 1.165) is 27.9 Å². The van der Waals surface area contributed by atoms with E-state index in [-0.39, 0.29) is 0 Å². The van der Waals surface area contributed by atoms with Crippen LogP contribution in [0.25, 0.3) is 11.5 Å². The molecule has 102 valence electrons. The molecule has 0 unspecified atom stereocenters. The summed E-state index contributed by atoms with van der Waals surface area (Å²) in [6.07, 6.45) is 4.46. The van der Waals surface area contributed by atoms with Gasteiger partial charge in [0.2, 0.25) is 0 Å². The van der Waals surface area contributed by atoms with Gasteiger partial charge in [0.05, 0.1) is 21.8 Å². The lowest BCUT2D eigenvalue weighted by Gasteiger charge is -2.11. The molecule has 0 bridgehead atoms. The second-order valence-electron chi connectivity index (χ2n) is 4.76. The zero-order chi connectivity index (χ0) is 14.0. The highest BCUT2D eigenvalue weighted by molar-refractivity contribution is 14.1. The molecular formula is C13H16ClIN4. The van der Waals surface area contributed by atoms with E-state index < -0.39 is 0 Å². The number of hydrogen-bond acceptors (Lipinski definition) is 3. The molecule has 0 aliphatic heterocycles. The van der Waals surface area contributed by atoms with Gasteiger partial charge < -0.3 is 4.57 Å². The number of rotatable bonds is 4. The summed E-state index contributed by atoms with van der Waals surface area (Å²) in [6.45, 7) is 7.24. The molecule has 0 aliphatic carbocycles. The number of aromatic nitrogens is 4. The average Bonchev–Trinajstić information content (AvgIpc) is 2.82. The lowest BCUT2D eigenvalue weighted by molar-refractivity contribution is 0.631. The molecule has 2 aromatic heterocycles. The van der Waals surface area contributed by atoms with Gasteiger partial charge in [0, 0.05) is 6.54 Å². The number of halogens is 2. The van der Waals surface area contributed by atoms with Crippen LogP contribution < -0.4 is 0 Å². The van der Waals surface area contributed by atoms with Crippen molar-refractivity contribution >= 4 is 34.2 Å². The summed E-state index contributed by atoms with van der Waals surface area (Å²) >= 11 is 8.44. The van der Waals surface area contributed by atoms with Crippen molar-refractivity contribution in [2.45, 2.75) is 33.7 Å². The van der Waals surface area contributed by atoms with Crippen LogP contribution in [0.4, 0.5) is 0 Å². The molecule has 0 saturated carbocycles. The van der Waals surface area contributed by atoms with E-state index in [0.29, 0.717) is 16.9 Å². The van der Waals surface area contributed by atoms with Crippen molar-refractivity contribution in [1.82, 2.24) is 19.5 Å². The van der Waals surface area contributed by atoms with Crippen molar-refractivity contribution in [3.8, 4) is 11.5 Å². The van der Waals surface area contributed by atoms with E-state index >= 15 is 0 Å². The molecule has 0 radical (unpaired) electrons. The van der Waals surface area contributed by atoms with Crippen molar-refractivity contribution in [2.75, 3.05) is 0 Å². The van der Waals surface area contributed by atoms with E-state index in [1.54, 1.807) is 12.5 Å². The van der Waals surface area contributed by atoms with Gasteiger partial charge in [-0.25, -0.2) is 15.0 Å². The molecule has 0 aromatic carbocycles. The third kappa shape index (κ3) is 3.25. The SMILES string of the molecule is CCn1cncc1-c1nc(Cl)c(I)c(CC(C)C)n1. The molecule has 0 atom stereocenters. The Bertz CT molecular complexity index is 580. The summed E-state index contributed by atoms with van der Waals surface area (Å²) in [6, 6.07) is 0. The first-order valence-electron chi connectivity index (χ1n) is 6.25. The Balaban J connectivity index is 2.50. The zero-order valence-electron chi connectivity index (χ0n) is 11.2. The predicted octanol–water partition coefficient (Wildman–Crippen LogP) is 3.82. The Kier molecular flexibility index (Phi) is 4.78. The minimum Gasteiger partial charge on any atom is -0.328 e. The molecule has 2 heterocycles. The van der Waals surface area contributed by atoms with Gasteiger partial charge in [-0.2, -0.15) is 0 Å². The average molecular weight is 391 g/mol. The number of aryl methyl sites for hydroxylation is 1. The first-order chi connectivity index (χ1) is 9.02. The molecule has 0 saturated heterocycles. The van der Waals surface area contributed by atoms with Crippen LogP contribution in [-0.4, -0.2) is 19.5 Å². The van der Waals surface area contributed by atoms with E-state index in [2.05, 4.69) is 58.3 Å². The third-order valence-electron chi connectivity index (χ3n) is 2.76. The van der Waals surface area contributed by atoms with Gasteiger partial charge in [-0.05, 0) is 41.9 Å². The molecular weight excluding hydrogens is 375 g/mol. The number of hydrogen-bond donors (Lipinski definition) is 0. The summed E-state index contributed by atoms with van der Waals surface area (Å²) in [5, 5.41) is 0.519. The fraction of sp³-hybridized carbons (Fsp3) is 0.462. The van der Waals surface area contributed by atoms with Crippen LogP contribution in [0.2, 0.25) is 5.15 Å². The van der Waals surface area contributed by atoms with Gasteiger partial charge >= 0.3 is 0 Å². The van der Waals surface area contributed by atoms with Crippen LogP contribution in [0, 0.1) is 9.49 Å². The molecule has 0 fully saturated rings. The Labute approximate surface area is 131 Å². The topological polar surface area (TPSA) is 43.6 Å². The first-order valence-corrected chi connectivity index (χ1v) is 7.71. The molecule has 0 amide bonds. The van der Waals surface area contributed by atoms with Gasteiger partial charge in [0.15, 0.2) is 5.82 Å². The molecule has 6 heteroatoms. The molecule has 0 spiro atoms. The monoisotopic (exact) mass is 390 g/mol. The maximum Gasteiger partial charge on any atom is 0.179 e. The highest BCUT2D eigenvalue weighted by Gasteiger charge is 2.15. The Morgan fingerprint density at radius 3 is 2.74 bits per heavy atom. The zero-order valence-corrected chi connectivity index (χ0v) is 14.1. The van der Waals surface area contributed by atoms with Gasteiger partial charge in [0.25, 0.3) is 0 Å². The van der Waals surface area contributed by atoms with Gasteiger partial charge in [-0.1, -0.05) is 25.4 Å². The van der Waals surface area contributed by atoms with Crippen LogP contribution in [0.15, 0.2) is 12.5 Å². The third-order valence-corrected chi connectivity index (χ3v) is 4.49. The van der Waals surface area contributed by atoms with Crippen LogP contribution in [0.5, 0.6) is 0 Å². The maximum absolute atomic E-state index is 6.23. The van der Waals surface area contributed by atoms with E-state index in [1.165, 1.54) is 0 Å². The van der Waals surface area contributed by atoms with Crippen LogP contribution >= 0.6 is 34.2 Å². The highest BCUT2D eigenvalue weighted by atomic mass is 127. The minimum absolute atomic E-state index is 0.519. The van der Waals surface area contributed by atoms with E-state index in [1.807, 2.05) is 4.57 Å². The van der Waals surface area contributed by atoms with Gasteiger partial charge in [-0.3, -0.25) is 0 Å².